The zero-order valence-corrected chi connectivity index (χ0v) is 12.9. The predicted octanol–water partition coefficient (Wildman–Crippen LogP) is 3.43. The number of pyridine rings is 1. The summed E-state index contributed by atoms with van der Waals surface area (Å²) in [5, 5.41) is 3.28. The highest BCUT2D eigenvalue weighted by molar-refractivity contribution is 7.09. The molecule has 21 heavy (non-hydrogen) atoms. The van der Waals surface area contributed by atoms with Crippen LogP contribution in [0.3, 0.4) is 0 Å². The van der Waals surface area contributed by atoms with Crippen molar-refractivity contribution in [3.8, 4) is 0 Å². The van der Waals surface area contributed by atoms with Gasteiger partial charge in [0.1, 0.15) is 0 Å². The number of thiophene rings is 1. The van der Waals surface area contributed by atoms with Crippen molar-refractivity contribution in [1.29, 1.82) is 0 Å². The molecule has 0 spiro atoms. The SMILES string of the molecule is CN(Cc1cccs1)C(CN)c1cccc2cccnc12. The van der Waals surface area contributed by atoms with E-state index in [-0.39, 0.29) is 6.04 Å². The zero-order chi connectivity index (χ0) is 14.7. The molecule has 3 aromatic rings. The van der Waals surface area contributed by atoms with E-state index in [0.717, 1.165) is 17.4 Å². The molecule has 2 heterocycles. The number of aromatic nitrogens is 1. The molecule has 4 heteroatoms. The van der Waals surface area contributed by atoms with E-state index in [1.807, 2.05) is 12.3 Å². The number of nitrogens with zero attached hydrogens (tertiary/aromatic N) is 2. The summed E-state index contributed by atoms with van der Waals surface area (Å²) < 4.78 is 0. The predicted molar refractivity (Wildman–Crippen MR) is 89.3 cm³/mol. The van der Waals surface area contributed by atoms with Gasteiger partial charge in [0.25, 0.3) is 0 Å². The summed E-state index contributed by atoms with van der Waals surface area (Å²) in [7, 11) is 2.12. The molecular formula is C17H19N3S. The second kappa shape index (κ2) is 6.35. The summed E-state index contributed by atoms with van der Waals surface area (Å²) in [5.74, 6) is 0. The second-order valence-electron chi connectivity index (χ2n) is 5.17. The summed E-state index contributed by atoms with van der Waals surface area (Å²) in [5.41, 5.74) is 8.31. The Bertz CT molecular complexity index is 704. The first-order valence-corrected chi connectivity index (χ1v) is 7.94. The van der Waals surface area contributed by atoms with Crippen molar-refractivity contribution in [2.24, 2.45) is 5.73 Å². The third kappa shape index (κ3) is 2.97. The van der Waals surface area contributed by atoms with Gasteiger partial charge in [-0.15, -0.1) is 11.3 Å². The minimum atomic E-state index is 0.172. The van der Waals surface area contributed by atoms with Gasteiger partial charge in [-0.1, -0.05) is 30.3 Å². The van der Waals surface area contributed by atoms with Gasteiger partial charge in [-0.05, 0) is 30.1 Å². The first-order valence-electron chi connectivity index (χ1n) is 7.06. The van der Waals surface area contributed by atoms with E-state index in [4.69, 9.17) is 5.73 Å². The largest absolute Gasteiger partial charge is 0.329 e. The molecule has 3 nitrogen and oxygen atoms in total. The molecule has 0 aliphatic rings. The molecule has 3 rings (SSSR count). The van der Waals surface area contributed by atoms with Gasteiger partial charge in [0.15, 0.2) is 0 Å². The maximum absolute atomic E-state index is 6.06. The van der Waals surface area contributed by atoms with Gasteiger partial charge < -0.3 is 5.73 Å². The van der Waals surface area contributed by atoms with Gasteiger partial charge in [0.05, 0.1) is 5.52 Å². The van der Waals surface area contributed by atoms with E-state index in [2.05, 4.69) is 58.7 Å². The zero-order valence-electron chi connectivity index (χ0n) is 12.1. The Morgan fingerprint density at radius 1 is 1.19 bits per heavy atom. The summed E-state index contributed by atoms with van der Waals surface area (Å²) >= 11 is 1.78. The summed E-state index contributed by atoms with van der Waals surface area (Å²) in [4.78, 5) is 8.20. The molecule has 1 unspecified atom stereocenters. The lowest BCUT2D eigenvalue weighted by Crippen LogP contribution is -2.30. The Morgan fingerprint density at radius 2 is 2.05 bits per heavy atom. The number of hydrogen-bond acceptors (Lipinski definition) is 4. The molecule has 2 N–H and O–H groups in total. The first kappa shape index (κ1) is 14.2. The molecule has 108 valence electrons. The number of likely N-dealkylation sites (N-methyl/N-ethyl adjacent to an activating group) is 1. The van der Waals surface area contributed by atoms with Crippen LogP contribution in [0, 0.1) is 0 Å². The van der Waals surface area contributed by atoms with Gasteiger partial charge in [0.2, 0.25) is 0 Å². The lowest BCUT2D eigenvalue weighted by molar-refractivity contribution is 0.245. The maximum Gasteiger partial charge on any atom is 0.0750 e. The van der Waals surface area contributed by atoms with Gasteiger partial charge in [0, 0.05) is 35.6 Å². The molecule has 1 aromatic carbocycles. The lowest BCUT2D eigenvalue weighted by Gasteiger charge is -2.27. The van der Waals surface area contributed by atoms with Gasteiger partial charge in [-0.3, -0.25) is 9.88 Å². The third-order valence-electron chi connectivity index (χ3n) is 3.76. The molecule has 0 fully saturated rings. The van der Waals surface area contributed by atoms with Gasteiger partial charge in [-0.2, -0.15) is 0 Å². The number of rotatable bonds is 5. The summed E-state index contributed by atoms with van der Waals surface area (Å²) in [6.07, 6.45) is 1.85. The average molecular weight is 297 g/mol. The van der Waals surface area contributed by atoms with Gasteiger partial charge >= 0.3 is 0 Å². The Hall–Kier alpha value is -1.75. The minimum absolute atomic E-state index is 0.172. The number of fused-ring (bicyclic) bond motifs is 1. The molecule has 0 radical (unpaired) electrons. The van der Waals surface area contributed by atoms with E-state index >= 15 is 0 Å². The van der Waals surface area contributed by atoms with Crippen LogP contribution in [0.25, 0.3) is 10.9 Å². The Balaban J connectivity index is 1.94. The van der Waals surface area contributed by atoms with Crippen molar-refractivity contribution in [3.63, 3.8) is 0 Å². The van der Waals surface area contributed by atoms with E-state index in [1.54, 1.807) is 11.3 Å². The molecule has 1 atom stereocenters. The molecule has 0 saturated carbocycles. The highest BCUT2D eigenvalue weighted by Crippen LogP contribution is 2.27. The smallest absolute Gasteiger partial charge is 0.0750 e. The van der Waals surface area contributed by atoms with Crippen molar-refractivity contribution in [2.75, 3.05) is 13.6 Å². The Kier molecular flexibility index (Phi) is 4.29. The van der Waals surface area contributed by atoms with Crippen molar-refractivity contribution < 1.29 is 0 Å². The fourth-order valence-electron chi connectivity index (χ4n) is 2.70. The fraction of sp³-hybridized carbons (Fsp3) is 0.235. The average Bonchev–Trinajstić information content (AvgIpc) is 3.01. The van der Waals surface area contributed by atoms with Crippen LogP contribution in [0.1, 0.15) is 16.5 Å². The standard InChI is InChI=1S/C17H19N3S/c1-20(12-14-7-4-10-21-14)16(11-18)15-8-2-5-13-6-3-9-19-17(13)15/h2-10,16H,11-12,18H2,1H3. The maximum atomic E-state index is 6.06. The van der Waals surface area contributed by atoms with Crippen LogP contribution in [0.15, 0.2) is 54.0 Å². The van der Waals surface area contributed by atoms with Crippen LogP contribution >= 0.6 is 11.3 Å². The van der Waals surface area contributed by atoms with Crippen molar-refractivity contribution in [3.05, 3.63) is 64.5 Å². The summed E-state index contributed by atoms with van der Waals surface area (Å²) in [6, 6.07) is 14.8. The number of para-hydroxylation sites is 1. The molecule has 0 aliphatic heterocycles. The Labute approximate surface area is 129 Å². The molecule has 0 saturated heterocycles. The van der Waals surface area contributed by atoms with Crippen LogP contribution < -0.4 is 5.73 Å². The molecule has 0 amide bonds. The van der Waals surface area contributed by atoms with E-state index in [9.17, 15) is 0 Å². The minimum Gasteiger partial charge on any atom is -0.329 e. The third-order valence-corrected chi connectivity index (χ3v) is 4.62. The highest BCUT2D eigenvalue weighted by atomic mass is 32.1. The fourth-order valence-corrected chi connectivity index (χ4v) is 3.47. The van der Waals surface area contributed by atoms with Crippen molar-refractivity contribution >= 4 is 22.2 Å². The van der Waals surface area contributed by atoms with Crippen molar-refractivity contribution in [2.45, 2.75) is 12.6 Å². The first-order chi connectivity index (χ1) is 10.3. The molecule has 0 aliphatic carbocycles. The topological polar surface area (TPSA) is 42.1 Å². The summed E-state index contributed by atoms with van der Waals surface area (Å²) in [6.45, 7) is 1.49. The van der Waals surface area contributed by atoms with Crippen molar-refractivity contribution in [1.82, 2.24) is 9.88 Å². The van der Waals surface area contributed by atoms with Crippen LogP contribution in [0.2, 0.25) is 0 Å². The second-order valence-corrected chi connectivity index (χ2v) is 6.20. The van der Waals surface area contributed by atoms with Gasteiger partial charge in [-0.25, -0.2) is 0 Å². The van der Waals surface area contributed by atoms with E-state index < -0.39 is 0 Å². The van der Waals surface area contributed by atoms with Crippen LogP contribution in [-0.4, -0.2) is 23.5 Å². The molecule has 0 bridgehead atoms. The lowest BCUT2D eigenvalue weighted by atomic mass is 10.0. The normalized spacial score (nSPS) is 12.9. The van der Waals surface area contributed by atoms with E-state index in [0.29, 0.717) is 6.54 Å². The number of benzene rings is 1. The number of hydrogen-bond donors (Lipinski definition) is 1. The van der Waals surface area contributed by atoms with Crippen LogP contribution in [-0.2, 0) is 6.54 Å². The van der Waals surface area contributed by atoms with E-state index in [1.165, 1.54) is 10.4 Å². The highest BCUT2D eigenvalue weighted by Gasteiger charge is 2.18. The number of nitrogens with two attached hydrogens (primary N) is 1. The van der Waals surface area contributed by atoms with Crippen LogP contribution in [0.4, 0.5) is 0 Å². The Morgan fingerprint density at radius 3 is 2.81 bits per heavy atom. The quantitative estimate of drug-likeness (QED) is 0.784. The monoisotopic (exact) mass is 297 g/mol. The molecular weight excluding hydrogens is 278 g/mol. The molecule has 2 aromatic heterocycles. The van der Waals surface area contributed by atoms with Crippen LogP contribution in [0.5, 0.6) is 0 Å².